The Morgan fingerprint density at radius 2 is 1.45 bits per heavy atom. The standard InChI is InChI=1S/C5H6F2N4/c1-11(2)5-9-3(6)8-4(7)10-5/h1-2H3. The van der Waals surface area contributed by atoms with Gasteiger partial charge < -0.3 is 4.90 Å². The summed E-state index contributed by atoms with van der Waals surface area (Å²) in [6.07, 6.45) is -2.22. The number of nitrogens with zero attached hydrogens (tertiary/aromatic N) is 4. The number of rotatable bonds is 1. The Kier molecular flexibility index (Phi) is 1.93. The molecular formula is C5H6F2N4. The summed E-state index contributed by atoms with van der Waals surface area (Å²) in [5.41, 5.74) is 0. The van der Waals surface area contributed by atoms with E-state index in [1.165, 1.54) is 4.90 Å². The van der Waals surface area contributed by atoms with Gasteiger partial charge in [0.05, 0.1) is 0 Å². The van der Waals surface area contributed by atoms with Gasteiger partial charge >= 0.3 is 12.2 Å². The lowest BCUT2D eigenvalue weighted by Gasteiger charge is -2.07. The van der Waals surface area contributed by atoms with E-state index in [0.717, 1.165) is 0 Å². The highest BCUT2D eigenvalue weighted by Crippen LogP contribution is 2.01. The Morgan fingerprint density at radius 3 is 1.82 bits per heavy atom. The van der Waals surface area contributed by atoms with Gasteiger partial charge in [0.1, 0.15) is 0 Å². The number of anilines is 1. The average molecular weight is 160 g/mol. The van der Waals surface area contributed by atoms with Crippen molar-refractivity contribution in [3.8, 4) is 0 Å². The van der Waals surface area contributed by atoms with Crippen molar-refractivity contribution >= 4 is 5.95 Å². The SMILES string of the molecule is CN(C)c1nc(F)nc(F)n1. The molecule has 0 saturated heterocycles. The first-order valence-corrected chi connectivity index (χ1v) is 2.84. The molecule has 4 nitrogen and oxygen atoms in total. The minimum absolute atomic E-state index is 0.0324. The summed E-state index contributed by atoms with van der Waals surface area (Å²) >= 11 is 0. The minimum atomic E-state index is -1.11. The lowest BCUT2D eigenvalue weighted by Crippen LogP contribution is -2.15. The lowest BCUT2D eigenvalue weighted by atomic mass is 10.8. The van der Waals surface area contributed by atoms with Crippen molar-refractivity contribution in [2.45, 2.75) is 0 Å². The van der Waals surface area contributed by atoms with Gasteiger partial charge in [-0.2, -0.15) is 23.7 Å². The van der Waals surface area contributed by atoms with E-state index in [4.69, 9.17) is 0 Å². The van der Waals surface area contributed by atoms with Crippen LogP contribution >= 0.6 is 0 Å². The van der Waals surface area contributed by atoms with Crippen molar-refractivity contribution in [3.63, 3.8) is 0 Å². The van der Waals surface area contributed by atoms with Crippen LogP contribution in [0.25, 0.3) is 0 Å². The molecule has 6 heteroatoms. The first-order valence-electron chi connectivity index (χ1n) is 2.84. The van der Waals surface area contributed by atoms with Gasteiger partial charge in [0.25, 0.3) is 0 Å². The Morgan fingerprint density at radius 1 is 1.00 bits per heavy atom. The monoisotopic (exact) mass is 160 g/mol. The molecule has 0 aliphatic carbocycles. The van der Waals surface area contributed by atoms with Crippen LogP contribution in [0.1, 0.15) is 0 Å². The molecule has 0 aliphatic heterocycles. The zero-order valence-corrected chi connectivity index (χ0v) is 6.04. The van der Waals surface area contributed by atoms with E-state index in [1.807, 2.05) is 0 Å². The number of hydrogen-bond donors (Lipinski definition) is 0. The Hall–Kier alpha value is -1.33. The summed E-state index contributed by atoms with van der Waals surface area (Å²) in [6, 6.07) is 0. The molecule has 1 rings (SSSR count). The molecule has 60 valence electrons. The fourth-order valence-corrected chi connectivity index (χ4v) is 0.516. The van der Waals surface area contributed by atoms with Crippen molar-refractivity contribution < 1.29 is 8.78 Å². The number of aromatic nitrogens is 3. The zero-order valence-electron chi connectivity index (χ0n) is 6.04. The van der Waals surface area contributed by atoms with Crippen molar-refractivity contribution in [1.29, 1.82) is 0 Å². The summed E-state index contributed by atoms with van der Waals surface area (Å²) in [6.45, 7) is 0. The van der Waals surface area contributed by atoms with Gasteiger partial charge in [-0.1, -0.05) is 0 Å². The second kappa shape index (κ2) is 2.73. The molecule has 0 aliphatic rings. The first kappa shape index (κ1) is 7.77. The molecule has 1 aromatic rings. The fraction of sp³-hybridized carbons (Fsp3) is 0.400. The van der Waals surface area contributed by atoms with Gasteiger partial charge in [-0.05, 0) is 0 Å². The predicted molar refractivity (Wildman–Crippen MR) is 34.1 cm³/mol. The topological polar surface area (TPSA) is 41.9 Å². The van der Waals surface area contributed by atoms with E-state index in [-0.39, 0.29) is 5.95 Å². The van der Waals surface area contributed by atoms with E-state index in [2.05, 4.69) is 15.0 Å². The van der Waals surface area contributed by atoms with E-state index in [1.54, 1.807) is 14.1 Å². The quantitative estimate of drug-likeness (QED) is 0.589. The molecule has 0 spiro atoms. The van der Waals surface area contributed by atoms with Crippen molar-refractivity contribution in [3.05, 3.63) is 12.2 Å². The van der Waals surface area contributed by atoms with Crippen LogP contribution in [0.5, 0.6) is 0 Å². The highest BCUT2D eigenvalue weighted by atomic mass is 19.1. The van der Waals surface area contributed by atoms with Crippen LogP contribution in [-0.2, 0) is 0 Å². The fourth-order valence-electron chi connectivity index (χ4n) is 0.516. The maximum Gasteiger partial charge on any atom is 0.315 e. The Balaban J connectivity index is 3.08. The van der Waals surface area contributed by atoms with Gasteiger partial charge in [-0.3, -0.25) is 0 Å². The molecule has 1 heterocycles. The Bertz CT molecular complexity index is 242. The van der Waals surface area contributed by atoms with E-state index in [0.29, 0.717) is 0 Å². The van der Waals surface area contributed by atoms with E-state index >= 15 is 0 Å². The van der Waals surface area contributed by atoms with Crippen LogP contribution in [0.4, 0.5) is 14.7 Å². The van der Waals surface area contributed by atoms with Gasteiger partial charge in [-0.25, -0.2) is 0 Å². The molecule has 0 fully saturated rings. The normalized spacial score (nSPS) is 9.82. The predicted octanol–water partition coefficient (Wildman–Crippen LogP) is 0.216. The summed E-state index contributed by atoms with van der Waals surface area (Å²) < 4.78 is 24.5. The summed E-state index contributed by atoms with van der Waals surface area (Å²) in [5.74, 6) is -0.0324. The second-order valence-electron chi connectivity index (χ2n) is 2.07. The first-order chi connectivity index (χ1) is 5.09. The lowest BCUT2D eigenvalue weighted by molar-refractivity contribution is 0.455. The van der Waals surface area contributed by atoms with Crippen LogP contribution in [0.3, 0.4) is 0 Å². The summed E-state index contributed by atoms with van der Waals surface area (Å²) in [7, 11) is 3.16. The third-order valence-electron chi connectivity index (χ3n) is 0.969. The van der Waals surface area contributed by atoms with Crippen LogP contribution in [0, 0.1) is 12.2 Å². The van der Waals surface area contributed by atoms with Crippen LogP contribution < -0.4 is 4.90 Å². The molecule has 0 saturated carbocycles. The van der Waals surface area contributed by atoms with Crippen molar-refractivity contribution in [2.75, 3.05) is 19.0 Å². The van der Waals surface area contributed by atoms with Crippen molar-refractivity contribution in [1.82, 2.24) is 15.0 Å². The van der Waals surface area contributed by atoms with Gasteiger partial charge in [0.15, 0.2) is 0 Å². The summed E-state index contributed by atoms with van der Waals surface area (Å²) in [5, 5.41) is 0. The molecule has 0 atom stereocenters. The largest absolute Gasteiger partial charge is 0.347 e. The molecule has 0 bridgehead atoms. The van der Waals surface area contributed by atoms with Gasteiger partial charge in [-0.15, -0.1) is 0 Å². The van der Waals surface area contributed by atoms with Crippen LogP contribution in [0.15, 0.2) is 0 Å². The second-order valence-corrected chi connectivity index (χ2v) is 2.07. The van der Waals surface area contributed by atoms with Crippen LogP contribution in [0.2, 0.25) is 0 Å². The van der Waals surface area contributed by atoms with Crippen molar-refractivity contribution in [2.24, 2.45) is 0 Å². The molecule has 0 aromatic carbocycles. The molecule has 0 radical (unpaired) electrons. The number of hydrogen-bond acceptors (Lipinski definition) is 4. The maximum atomic E-state index is 12.3. The maximum absolute atomic E-state index is 12.3. The van der Waals surface area contributed by atoms with Gasteiger partial charge in [0.2, 0.25) is 5.95 Å². The molecule has 0 unspecified atom stereocenters. The molecule has 1 aromatic heterocycles. The molecule has 11 heavy (non-hydrogen) atoms. The number of halogens is 2. The van der Waals surface area contributed by atoms with E-state index in [9.17, 15) is 8.78 Å². The molecular weight excluding hydrogens is 154 g/mol. The Labute approximate surface area is 61.9 Å². The smallest absolute Gasteiger partial charge is 0.315 e. The minimum Gasteiger partial charge on any atom is -0.347 e. The molecule has 0 amide bonds. The molecule has 0 N–H and O–H groups in total. The van der Waals surface area contributed by atoms with E-state index < -0.39 is 12.2 Å². The van der Waals surface area contributed by atoms with Crippen LogP contribution in [-0.4, -0.2) is 29.0 Å². The highest BCUT2D eigenvalue weighted by Gasteiger charge is 2.05. The third kappa shape index (κ3) is 1.79. The summed E-state index contributed by atoms with van der Waals surface area (Å²) in [4.78, 5) is 10.6. The third-order valence-corrected chi connectivity index (χ3v) is 0.969. The highest BCUT2D eigenvalue weighted by molar-refractivity contribution is 5.23. The van der Waals surface area contributed by atoms with Gasteiger partial charge in [0, 0.05) is 14.1 Å². The zero-order chi connectivity index (χ0) is 8.43. The average Bonchev–Trinajstić information content (AvgIpc) is 1.85.